The molecule has 5 heteroatoms. The molecule has 1 fully saturated rings. The van der Waals surface area contributed by atoms with Crippen molar-refractivity contribution >= 4 is 12.4 Å². The fourth-order valence-corrected chi connectivity index (χ4v) is 3.18. The number of rotatable bonds is 6. The second-order valence-corrected chi connectivity index (χ2v) is 5.93. The summed E-state index contributed by atoms with van der Waals surface area (Å²) < 4.78 is 10.8. The van der Waals surface area contributed by atoms with Gasteiger partial charge in [-0.2, -0.15) is 0 Å². The normalized spacial score (nSPS) is 18.6. The Morgan fingerprint density at radius 3 is 2.55 bits per heavy atom. The van der Waals surface area contributed by atoms with Crippen LogP contribution in [0.4, 0.5) is 0 Å². The Morgan fingerprint density at radius 2 is 1.91 bits per heavy atom. The molecule has 126 valence electrons. The van der Waals surface area contributed by atoms with E-state index in [-0.39, 0.29) is 12.4 Å². The lowest BCUT2D eigenvalue weighted by Crippen LogP contribution is -2.38. The number of hydrogen-bond donors (Lipinski definition) is 1. The first-order valence-corrected chi connectivity index (χ1v) is 7.76. The van der Waals surface area contributed by atoms with Crippen molar-refractivity contribution in [2.75, 3.05) is 40.9 Å². The molecule has 22 heavy (non-hydrogen) atoms. The SMILES string of the molecule is CNCC1CCCN(Cc2cc(OC)c(OC)cc2C)C1.Cl. The second kappa shape index (κ2) is 9.23. The van der Waals surface area contributed by atoms with E-state index in [1.807, 2.05) is 7.05 Å². The summed E-state index contributed by atoms with van der Waals surface area (Å²) in [4.78, 5) is 2.56. The number of likely N-dealkylation sites (tertiary alicyclic amines) is 1. The lowest BCUT2D eigenvalue weighted by Gasteiger charge is -2.33. The van der Waals surface area contributed by atoms with Crippen LogP contribution in [0.5, 0.6) is 11.5 Å². The fourth-order valence-electron chi connectivity index (χ4n) is 3.18. The molecule has 2 rings (SSSR count). The topological polar surface area (TPSA) is 33.7 Å². The van der Waals surface area contributed by atoms with Gasteiger partial charge in [-0.15, -0.1) is 12.4 Å². The first kappa shape index (κ1) is 19.1. The Labute approximate surface area is 140 Å². The van der Waals surface area contributed by atoms with Crippen LogP contribution >= 0.6 is 12.4 Å². The standard InChI is InChI=1S/C17H28N2O2.ClH/c1-13-8-16(20-3)17(21-4)9-15(13)12-19-7-5-6-14(11-19)10-18-2;/h8-9,14,18H,5-7,10-12H2,1-4H3;1H. The zero-order valence-corrected chi connectivity index (χ0v) is 15.0. The summed E-state index contributed by atoms with van der Waals surface area (Å²) in [7, 11) is 5.42. The maximum Gasteiger partial charge on any atom is 0.161 e. The highest BCUT2D eigenvalue weighted by molar-refractivity contribution is 5.85. The molecule has 0 aliphatic carbocycles. The Kier molecular flexibility index (Phi) is 8.01. The van der Waals surface area contributed by atoms with Crippen molar-refractivity contribution in [3.05, 3.63) is 23.3 Å². The average molecular weight is 329 g/mol. The van der Waals surface area contributed by atoms with Crippen LogP contribution in [-0.4, -0.2) is 45.8 Å². The predicted octanol–water partition coefficient (Wildman–Crippen LogP) is 2.87. The molecule has 0 amide bonds. The molecule has 1 aliphatic heterocycles. The van der Waals surface area contributed by atoms with Crippen molar-refractivity contribution in [1.29, 1.82) is 0 Å². The van der Waals surface area contributed by atoms with Gasteiger partial charge in [-0.05, 0) is 69.1 Å². The Balaban J connectivity index is 0.00000242. The van der Waals surface area contributed by atoms with E-state index in [0.717, 1.165) is 30.5 Å². The van der Waals surface area contributed by atoms with Gasteiger partial charge in [0, 0.05) is 13.1 Å². The predicted molar refractivity (Wildman–Crippen MR) is 93.5 cm³/mol. The van der Waals surface area contributed by atoms with Gasteiger partial charge in [0.1, 0.15) is 0 Å². The Hall–Kier alpha value is -0.970. The lowest BCUT2D eigenvalue weighted by molar-refractivity contribution is 0.166. The number of nitrogens with one attached hydrogen (secondary N) is 1. The quantitative estimate of drug-likeness (QED) is 0.870. The van der Waals surface area contributed by atoms with Gasteiger partial charge in [0.25, 0.3) is 0 Å². The minimum absolute atomic E-state index is 0. The number of ether oxygens (including phenoxy) is 2. The molecule has 0 saturated carbocycles. The average Bonchev–Trinajstić information content (AvgIpc) is 2.49. The van der Waals surface area contributed by atoms with Crippen molar-refractivity contribution in [1.82, 2.24) is 10.2 Å². The number of methoxy groups -OCH3 is 2. The molecule has 1 heterocycles. The third-order valence-corrected chi connectivity index (χ3v) is 4.33. The highest BCUT2D eigenvalue weighted by Crippen LogP contribution is 2.31. The van der Waals surface area contributed by atoms with Crippen LogP contribution in [-0.2, 0) is 6.54 Å². The molecule has 1 aromatic carbocycles. The second-order valence-electron chi connectivity index (χ2n) is 5.93. The maximum atomic E-state index is 5.43. The summed E-state index contributed by atoms with van der Waals surface area (Å²) in [5.41, 5.74) is 2.60. The molecular weight excluding hydrogens is 300 g/mol. The van der Waals surface area contributed by atoms with E-state index in [9.17, 15) is 0 Å². The van der Waals surface area contributed by atoms with E-state index in [0.29, 0.717) is 0 Å². The van der Waals surface area contributed by atoms with E-state index >= 15 is 0 Å². The minimum Gasteiger partial charge on any atom is -0.493 e. The van der Waals surface area contributed by atoms with Gasteiger partial charge in [0.2, 0.25) is 0 Å². The van der Waals surface area contributed by atoms with Gasteiger partial charge in [-0.25, -0.2) is 0 Å². The molecule has 4 nitrogen and oxygen atoms in total. The van der Waals surface area contributed by atoms with E-state index in [2.05, 4.69) is 29.3 Å². The molecule has 1 aromatic rings. The molecule has 1 saturated heterocycles. The molecule has 1 unspecified atom stereocenters. The Morgan fingerprint density at radius 1 is 1.23 bits per heavy atom. The van der Waals surface area contributed by atoms with E-state index in [4.69, 9.17) is 9.47 Å². The third-order valence-electron chi connectivity index (χ3n) is 4.33. The molecule has 1 aliphatic rings. The van der Waals surface area contributed by atoms with Crippen molar-refractivity contribution in [2.45, 2.75) is 26.3 Å². The van der Waals surface area contributed by atoms with E-state index in [1.54, 1.807) is 14.2 Å². The number of hydrogen-bond acceptors (Lipinski definition) is 4. The first-order chi connectivity index (χ1) is 10.2. The third kappa shape index (κ3) is 4.77. The summed E-state index contributed by atoms with van der Waals surface area (Å²) in [5.74, 6) is 2.40. The van der Waals surface area contributed by atoms with E-state index in [1.165, 1.54) is 37.1 Å². The Bertz CT molecular complexity index is 466. The zero-order valence-electron chi connectivity index (χ0n) is 14.1. The van der Waals surface area contributed by atoms with Crippen LogP contribution in [0.3, 0.4) is 0 Å². The van der Waals surface area contributed by atoms with Crippen molar-refractivity contribution in [2.24, 2.45) is 5.92 Å². The number of aryl methyl sites for hydroxylation is 1. The number of halogens is 1. The summed E-state index contributed by atoms with van der Waals surface area (Å²) in [5, 5.41) is 3.30. The largest absolute Gasteiger partial charge is 0.493 e. The van der Waals surface area contributed by atoms with Crippen molar-refractivity contribution < 1.29 is 9.47 Å². The molecular formula is C17H29ClN2O2. The monoisotopic (exact) mass is 328 g/mol. The van der Waals surface area contributed by atoms with Gasteiger partial charge in [0.05, 0.1) is 14.2 Å². The van der Waals surface area contributed by atoms with E-state index < -0.39 is 0 Å². The maximum absolute atomic E-state index is 5.43. The summed E-state index contributed by atoms with van der Waals surface area (Å²) in [6.07, 6.45) is 2.63. The molecule has 1 atom stereocenters. The first-order valence-electron chi connectivity index (χ1n) is 7.76. The van der Waals surface area contributed by atoms with Crippen LogP contribution in [0.2, 0.25) is 0 Å². The highest BCUT2D eigenvalue weighted by atomic mass is 35.5. The van der Waals surface area contributed by atoms with Gasteiger partial charge in [-0.1, -0.05) is 0 Å². The molecule has 0 radical (unpaired) electrons. The summed E-state index contributed by atoms with van der Waals surface area (Å²) >= 11 is 0. The van der Waals surface area contributed by atoms with Gasteiger partial charge < -0.3 is 14.8 Å². The number of piperidine rings is 1. The lowest BCUT2D eigenvalue weighted by atomic mass is 9.97. The van der Waals surface area contributed by atoms with Crippen LogP contribution in [0.15, 0.2) is 12.1 Å². The fraction of sp³-hybridized carbons (Fsp3) is 0.647. The van der Waals surface area contributed by atoms with Crippen LogP contribution in [0.1, 0.15) is 24.0 Å². The molecule has 0 bridgehead atoms. The van der Waals surface area contributed by atoms with Gasteiger partial charge >= 0.3 is 0 Å². The zero-order chi connectivity index (χ0) is 15.2. The molecule has 0 aromatic heterocycles. The smallest absolute Gasteiger partial charge is 0.161 e. The van der Waals surface area contributed by atoms with Crippen molar-refractivity contribution in [3.63, 3.8) is 0 Å². The number of nitrogens with zero attached hydrogens (tertiary/aromatic N) is 1. The minimum atomic E-state index is 0. The van der Waals surface area contributed by atoms with Gasteiger partial charge in [0.15, 0.2) is 11.5 Å². The van der Waals surface area contributed by atoms with Crippen LogP contribution in [0.25, 0.3) is 0 Å². The number of benzene rings is 1. The van der Waals surface area contributed by atoms with Crippen molar-refractivity contribution in [3.8, 4) is 11.5 Å². The summed E-state index contributed by atoms with van der Waals surface area (Å²) in [6.45, 7) is 6.61. The van der Waals surface area contributed by atoms with Crippen LogP contribution in [0, 0.1) is 12.8 Å². The van der Waals surface area contributed by atoms with Crippen LogP contribution < -0.4 is 14.8 Å². The molecule has 0 spiro atoms. The summed E-state index contributed by atoms with van der Waals surface area (Å²) in [6, 6.07) is 4.19. The van der Waals surface area contributed by atoms with Gasteiger partial charge in [-0.3, -0.25) is 4.90 Å². The molecule has 1 N–H and O–H groups in total. The highest BCUT2D eigenvalue weighted by Gasteiger charge is 2.20.